The lowest BCUT2D eigenvalue weighted by atomic mass is 10.5. The molecule has 0 aliphatic heterocycles. The number of hydrogen-bond donors (Lipinski definition) is 0. The molecule has 4 nitrogen and oxygen atoms in total. The van der Waals surface area contributed by atoms with E-state index in [1.165, 1.54) is 7.11 Å². The SMILES string of the molecule is COCC(=O)CS(=O)(=O)C(C)C. The topological polar surface area (TPSA) is 60.4 Å². The van der Waals surface area contributed by atoms with Crippen LogP contribution in [0.2, 0.25) is 0 Å². The summed E-state index contributed by atoms with van der Waals surface area (Å²) < 4.78 is 26.8. The number of sulfone groups is 1. The molecule has 72 valence electrons. The van der Waals surface area contributed by atoms with Crippen molar-refractivity contribution in [3.8, 4) is 0 Å². The van der Waals surface area contributed by atoms with Gasteiger partial charge in [0.1, 0.15) is 12.4 Å². The largest absolute Gasteiger partial charge is 0.377 e. The normalized spacial score (nSPS) is 12.0. The molecule has 12 heavy (non-hydrogen) atoms. The zero-order chi connectivity index (χ0) is 9.78. The Kier molecular flexibility index (Phi) is 4.41. The third-order valence-electron chi connectivity index (χ3n) is 1.39. The van der Waals surface area contributed by atoms with Crippen LogP contribution in [0.4, 0.5) is 0 Å². The fourth-order valence-corrected chi connectivity index (χ4v) is 1.46. The van der Waals surface area contributed by atoms with Crippen LogP contribution in [0.3, 0.4) is 0 Å². The molecule has 0 radical (unpaired) electrons. The fourth-order valence-electron chi connectivity index (χ4n) is 0.594. The molecule has 0 rings (SSSR count). The lowest BCUT2D eigenvalue weighted by molar-refractivity contribution is -0.120. The van der Waals surface area contributed by atoms with Gasteiger partial charge in [-0.15, -0.1) is 0 Å². The van der Waals surface area contributed by atoms with Gasteiger partial charge in [-0.05, 0) is 13.8 Å². The highest BCUT2D eigenvalue weighted by molar-refractivity contribution is 7.92. The number of carbonyl (C=O) groups excluding carboxylic acids is 1. The van der Waals surface area contributed by atoms with Crippen molar-refractivity contribution in [2.45, 2.75) is 19.1 Å². The van der Waals surface area contributed by atoms with Crippen LogP contribution in [-0.2, 0) is 19.4 Å². The number of hydrogen-bond acceptors (Lipinski definition) is 4. The number of methoxy groups -OCH3 is 1. The van der Waals surface area contributed by atoms with Crippen LogP contribution in [0.1, 0.15) is 13.8 Å². The molecule has 0 aliphatic carbocycles. The molecule has 0 aromatic carbocycles. The first kappa shape index (κ1) is 11.6. The van der Waals surface area contributed by atoms with Gasteiger partial charge in [-0.1, -0.05) is 0 Å². The van der Waals surface area contributed by atoms with Crippen LogP contribution >= 0.6 is 0 Å². The van der Waals surface area contributed by atoms with Gasteiger partial charge in [0.05, 0.1) is 5.25 Å². The number of ether oxygens (including phenoxy) is 1. The van der Waals surface area contributed by atoms with E-state index in [0.717, 1.165) is 0 Å². The summed E-state index contributed by atoms with van der Waals surface area (Å²) in [5.74, 6) is -0.815. The van der Waals surface area contributed by atoms with Crippen LogP contribution in [0, 0.1) is 0 Å². The van der Waals surface area contributed by atoms with E-state index in [1.807, 2.05) is 0 Å². The van der Waals surface area contributed by atoms with Crippen molar-refractivity contribution in [3.05, 3.63) is 0 Å². The smallest absolute Gasteiger partial charge is 0.173 e. The molecule has 0 fully saturated rings. The van der Waals surface area contributed by atoms with Crippen molar-refractivity contribution in [3.63, 3.8) is 0 Å². The van der Waals surface area contributed by atoms with Gasteiger partial charge in [0.25, 0.3) is 0 Å². The number of ketones is 1. The van der Waals surface area contributed by atoms with Crippen molar-refractivity contribution >= 4 is 15.6 Å². The van der Waals surface area contributed by atoms with Crippen LogP contribution in [-0.4, -0.2) is 38.9 Å². The minimum atomic E-state index is -3.25. The molecule has 0 aromatic heterocycles. The molecule has 0 amide bonds. The average Bonchev–Trinajstić information content (AvgIpc) is 1.85. The molecule has 0 spiro atoms. The van der Waals surface area contributed by atoms with E-state index in [0.29, 0.717) is 0 Å². The van der Waals surface area contributed by atoms with Gasteiger partial charge in [-0.2, -0.15) is 0 Å². The first-order valence-electron chi connectivity index (χ1n) is 3.62. The molecule has 0 saturated heterocycles. The number of Topliss-reactive ketones (excluding diaryl/α,β-unsaturated/α-hetero) is 1. The number of carbonyl (C=O) groups is 1. The van der Waals surface area contributed by atoms with Crippen LogP contribution < -0.4 is 0 Å². The molecule has 0 N–H and O–H groups in total. The first-order valence-corrected chi connectivity index (χ1v) is 5.34. The van der Waals surface area contributed by atoms with Crippen LogP contribution in [0.5, 0.6) is 0 Å². The highest BCUT2D eigenvalue weighted by atomic mass is 32.2. The molecular weight excluding hydrogens is 180 g/mol. The quantitative estimate of drug-likeness (QED) is 0.619. The second kappa shape index (κ2) is 4.57. The lowest BCUT2D eigenvalue weighted by Gasteiger charge is -2.05. The van der Waals surface area contributed by atoms with E-state index in [1.54, 1.807) is 13.8 Å². The molecule has 0 heterocycles. The Labute approximate surface area is 72.8 Å². The van der Waals surface area contributed by atoms with Crippen LogP contribution in [0.15, 0.2) is 0 Å². The number of rotatable bonds is 5. The monoisotopic (exact) mass is 194 g/mol. The van der Waals surface area contributed by atoms with Gasteiger partial charge in [0.15, 0.2) is 15.6 Å². The average molecular weight is 194 g/mol. The Balaban J connectivity index is 4.17. The predicted octanol–water partition coefficient (Wildman–Crippen LogP) is 0.0251. The molecular formula is C7H14O4S. The van der Waals surface area contributed by atoms with Crippen LogP contribution in [0.25, 0.3) is 0 Å². The molecule has 5 heteroatoms. The maximum Gasteiger partial charge on any atom is 0.173 e. The highest BCUT2D eigenvalue weighted by Crippen LogP contribution is 2.00. The second-order valence-electron chi connectivity index (χ2n) is 2.83. The standard InChI is InChI=1S/C7H14O4S/c1-6(2)12(9,10)5-7(8)4-11-3/h6H,4-5H2,1-3H3. The Hall–Kier alpha value is -0.420. The summed E-state index contributed by atoms with van der Waals surface area (Å²) in [5.41, 5.74) is 0. The van der Waals surface area contributed by atoms with E-state index >= 15 is 0 Å². The molecule has 0 aromatic rings. The molecule has 0 saturated carbocycles. The van der Waals surface area contributed by atoms with Gasteiger partial charge < -0.3 is 4.74 Å². The maximum atomic E-state index is 11.1. The van der Waals surface area contributed by atoms with Gasteiger partial charge in [-0.25, -0.2) is 8.42 Å². The molecule has 0 atom stereocenters. The summed E-state index contributed by atoms with van der Waals surface area (Å²) in [4.78, 5) is 10.9. The maximum absolute atomic E-state index is 11.1. The second-order valence-corrected chi connectivity index (χ2v) is 5.38. The van der Waals surface area contributed by atoms with E-state index in [2.05, 4.69) is 4.74 Å². The molecule has 0 bridgehead atoms. The van der Waals surface area contributed by atoms with Crippen molar-refractivity contribution in [1.29, 1.82) is 0 Å². The minimum absolute atomic E-state index is 0.133. The lowest BCUT2D eigenvalue weighted by Crippen LogP contribution is -2.25. The first-order chi connectivity index (χ1) is 5.40. The highest BCUT2D eigenvalue weighted by Gasteiger charge is 2.19. The summed E-state index contributed by atoms with van der Waals surface area (Å²) in [6, 6.07) is 0. The van der Waals surface area contributed by atoms with E-state index < -0.39 is 26.6 Å². The van der Waals surface area contributed by atoms with Crippen molar-refractivity contribution in [2.24, 2.45) is 0 Å². The molecule has 0 unspecified atom stereocenters. The third kappa shape index (κ3) is 3.82. The van der Waals surface area contributed by atoms with E-state index in [4.69, 9.17) is 0 Å². The van der Waals surface area contributed by atoms with Crippen molar-refractivity contribution in [1.82, 2.24) is 0 Å². The Morgan fingerprint density at radius 1 is 1.42 bits per heavy atom. The van der Waals surface area contributed by atoms with Gasteiger partial charge in [0.2, 0.25) is 0 Å². The zero-order valence-corrected chi connectivity index (χ0v) is 8.35. The van der Waals surface area contributed by atoms with E-state index in [-0.39, 0.29) is 6.61 Å². The Morgan fingerprint density at radius 2 is 1.92 bits per heavy atom. The Bertz CT molecular complexity index is 240. The summed E-state index contributed by atoms with van der Waals surface area (Å²) in [7, 11) is -1.89. The minimum Gasteiger partial charge on any atom is -0.377 e. The summed E-state index contributed by atoms with van der Waals surface area (Å²) in [5, 5.41) is -0.502. The Morgan fingerprint density at radius 3 is 2.25 bits per heavy atom. The van der Waals surface area contributed by atoms with Crippen molar-refractivity contribution < 1.29 is 17.9 Å². The third-order valence-corrected chi connectivity index (χ3v) is 3.55. The fraction of sp³-hybridized carbons (Fsp3) is 0.857. The summed E-state index contributed by atoms with van der Waals surface area (Å²) >= 11 is 0. The molecule has 0 aliphatic rings. The zero-order valence-electron chi connectivity index (χ0n) is 7.53. The summed E-state index contributed by atoms with van der Waals surface area (Å²) in [6.45, 7) is 2.97. The van der Waals surface area contributed by atoms with Gasteiger partial charge in [0, 0.05) is 7.11 Å². The van der Waals surface area contributed by atoms with Gasteiger partial charge in [-0.3, -0.25) is 4.79 Å². The van der Waals surface area contributed by atoms with E-state index in [9.17, 15) is 13.2 Å². The van der Waals surface area contributed by atoms with Crippen molar-refractivity contribution in [2.75, 3.05) is 19.5 Å². The predicted molar refractivity (Wildman–Crippen MR) is 45.8 cm³/mol. The summed E-state index contributed by atoms with van der Waals surface area (Å²) in [6.07, 6.45) is 0. The van der Waals surface area contributed by atoms with Gasteiger partial charge >= 0.3 is 0 Å².